The lowest BCUT2D eigenvalue weighted by Crippen LogP contribution is -2.31. The number of nitrogens with two attached hydrogens (primary N) is 1. The van der Waals surface area contributed by atoms with Crippen molar-refractivity contribution in [2.75, 3.05) is 44.9 Å². The van der Waals surface area contributed by atoms with Crippen LogP contribution in [0.15, 0.2) is 24.3 Å². The molecule has 0 saturated heterocycles. The molecular formula is C14H21F3N2O2. The van der Waals surface area contributed by atoms with Crippen molar-refractivity contribution in [3.05, 3.63) is 24.3 Å². The third kappa shape index (κ3) is 7.19. The minimum absolute atomic E-state index is 0.00128. The average molecular weight is 306 g/mol. The van der Waals surface area contributed by atoms with E-state index in [4.69, 9.17) is 10.5 Å². The zero-order valence-electron chi connectivity index (χ0n) is 12.0. The number of alkyl halides is 3. The molecule has 0 atom stereocenters. The van der Waals surface area contributed by atoms with Gasteiger partial charge in [-0.3, -0.25) is 0 Å². The van der Waals surface area contributed by atoms with Gasteiger partial charge in [-0.1, -0.05) is 6.07 Å². The standard InChI is InChI=1S/C14H21F3N2O2/c1-20-13-5-2-4-12(10-13)19(7-3-6-18)8-9-21-11-14(15,16)17/h2,4-5,10H,3,6-9,11,18H2,1H3. The Morgan fingerprint density at radius 3 is 2.62 bits per heavy atom. The first-order valence-electron chi connectivity index (χ1n) is 6.70. The molecule has 0 fully saturated rings. The summed E-state index contributed by atoms with van der Waals surface area (Å²) in [4.78, 5) is 1.94. The molecule has 7 heteroatoms. The van der Waals surface area contributed by atoms with E-state index in [0.29, 0.717) is 25.4 Å². The molecule has 0 aliphatic rings. The predicted octanol–water partition coefficient (Wildman–Crippen LogP) is 2.43. The third-order valence-corrected chi connectivity index (χ3v) is 2.82. The van der Waals surface area contributed by atoms with Crippen LogP contribution >= 0.6 is 0 Å². The van der Waals surface area contributed by atoms with Gasteiger partial charge in [-0.15, -0.1) is 0 Å². The van der Waals surface area contributed by atoms with Gasteiger partial charge < -0.3 is 20.1 Å². The molecule has 21 heavy (non-hydrogen) atoms. The summed E-state index contributed by atoms with van der Waals surface area (Å²) in [5.74, 6) is 0.696. The van der Waals surface area contributed by atoms with Crippen LogP contribution in [0.2, 0.25) is 0 Å². The molecule has 0 unspecified atom stereocenters. The molecule has 120 valence electrons. The van der Waals surface area contributed by atoms with Crippen molar-refractivity contribution in [2.24, 2.45) is 5.73 Å². The molecule has 1 rings (SSSR count). The van der Waals surface area contributed by atoms with Gasteiger partial charge in [0, 0.05) is 24.8 Å². The fourth-order valence-electron chi connectivity index (χ4n) is 1.82. The van der Waals surface area contributed by atoms with E-state index < -0.39 is 12.8 Å². The molecular weight excluding hydrogens is 285 g/mol. The van der Waals surface area contributed by atoms with Gasteiger partial charge in [0.2, 0.25) is 0 Å². The minimum Gasteiger partial charge on any atom is -0.497 e. The summed E-state index contributed by atoms with van der Waals surface area (Å²) in [5, 5.41) is 0. The first-order chi connectivity index (χ1) is 9.96. The highest BCUT2D eigenvalue weighted by atomic mass is 19.4. The van der Waals surface area contributed by atoms with Crippen LogP contribution in [0.3, 0.4) is 0 Å². The summed E-state index contributed by atoms with van der Waals surface area (Å²) < 4.78 is 45.9. The van der Waals surface area contributed by atoms with Crippen LogP contribution in [0.25, 0.3) is 0 Å². The second-order valence-electron chi connectivity index (χ2n) is 4.50. The number of halogens is 3. The predicted molar refractivity (Wildman–Crippen MR) is 75.8 cm³/mol. The molecule has 0 aliphatic heterocycles. The number of benzene rings is 1. The molecule has 0 heterocycles. The van der Waals surface area contributed by atoms with E-state index in [-0.39, 0.29) is 6.61 Å². The van der Waals surface area contributed by atoms with Crippen LogP contribution in [-0.4, -0.2) is 46.1 Å². The van der Waals surface area contributed by atoms with Gasteiger partial charge in [0.1, 0.15) is 12.4 Å². The molecule has 2 N–H and O–H groups in total. The van der Waals surface area contributed by atoms with Gasteiger partial charge in [-0.2, -0.15) is 13.2 Å². The SMILES string of the molecule is COc1cccc(N(CCCN)CCOCC(F)(F)F)c1. The second-order valence-corrected chi connectivity index (χ2v) is 4.50. The molecule has 0 saturated carbocycles. The summed E-state index contributed by atoms with van der Waals surface area (Å²) in [6.45, 7) is 0.309. The molecule has 0 spiro atoms. The van der Waals surface area contributed by atoms with Crippen LogP contribution in [0.1, 0.15) is 6.42 Å². The van der Waals surface area contributed by atoms with Gasteiger partial charge in [-0.25, -0.2) is 0 Å². The van der Waals surface area contributed by atoms with E-state index in [0.717, 1.165) is 12.1 Å². The van der Waals surface area contributed by atoms with Gasteiger partial charge in [-0.05, 0) is 25.1 Å². The lowest BCUT2D eigenvalue weighted by atomic mass is 10.2. The van der Waals surface area contributed by atoms with Gasteiger partial charge in [0.15, 0.2) is 0 Å². The summed E-state index contributed by atoms with van der Waals surface area (Å²) in [5.41, 5.74) is 6.37. The monoisotopic (exact) mass is 306 g/mol. The Labute approximate surface area is 122 Å². The normalized spacial score (nSPS) is 11.5. The second kappa shape index (κ2) is 8.74. The smallest absolute Gasteiger partial charge is 0.411 e. The summed E-state index contributed by atoms with van der Waals surface area (Å²) in [6.07, 6.45) is -3.55. The average Bonchev–Trinajstić information content (AvgIpc) is 2.45. The van der Waals surface area contributed by atoms with Crippen LogP contribution in [0.5, 0.6) is 5.75 Å². The van der Waals surface area contributed by atoms with E-state index in [9.17, 15) is 13.2 Å². The Bertz CT molecular complexity index is 413. The zero-order chi connectivity index (χ0) is 15.7. The Kier molecular flexibility index (Phi) is 7.31. The Morgan fingerprint density at radius 2 is 2.00 bits per heavy atom. The van der Waals surface area contributed by atoms with Crippen LogP contribution in [0.4, 0.5) is 18.9 Å². The number of ether oxygens (including phenoxy) is 2. The third-order valence-electron chi connectivity index (χ3n) is 2.82. The van der Waals surface area contributed by atoms with Crippen molar-refractivity contribution in [3.63, 3.8) is 0 Å². The number of nitrogens with zero attached hydrogens (tertiary/aromatic N) is 1. The highest BCUT2D eigenvalue weighted by molar-refractivity contribution is 5.50. The zero-order valence-corrected chi connectivity index (χ0v) is 12.0. The van der Waals surface area contributed by atoms with E-state index in [1.807, 2.05) is 29.2 Å². The molecule has 0 aliphatic carbocycles. The van der Waals surface area contributed by atoms with Crippen LogP contribution < -0.4 is 15.4 Å². The Hall–Kier alpha value is -1.47. The van der Waals surface area contributed by atoms with Crippen LogP contribution in [-0.2, 0) is 4.74 Å². The van der Waals surface area contributed by atoms with Crippen molar-refractivity contribution < 1.29 is 22.6 Å². The summed E-state index contributed by atoms with van der Waals surface area (Å²) >= 11 is 0. The molecule has 1 aromatic rings. The van der Waals surface area contributed by atoms with Crippen LogP contribution in [0, 0.1) is 0 Å². The van der Waals surface area contributed by atoms with Gasteiger partial charge in [0.05, 0.1) is 13.7 Å². The number of methoxy groups -OCH3 is 1. The van der Waals surface area contributed by atoms with E-state index >= 15 is 0 Å². The van der Waals surface area contributed by atoms with Crippen molar-refractivity contribution in [3.8, 4) is 5.75 Å². The fraction of sp³-hybridized carbons (Fsp3) is 0.571. The fourth-order valence-corrected chi connectivity index (χ4v) is 1.82. The molecule has 0 bridgehead atoms. The topological polar surface area (TPSA) is 47.7 Å². The number of anilines is 1. The molecule has 0 aromatic heterocycles. The maximum absolute atomic E-state index is 12.0. The first kappa shape index (κ1) is 17.6. The van der Waals surface area contributed by atoms with Gasteiger partial charge >= 0.3 is 6.18 Å². The number of hydrogen-bond acceptors (Lipinski definition) is 4. The van der Waals surface area contributed by atoms with E-state index in [2.05, 4.69) is 4.74 Å². The highest BCUT2D eigenvalue weighted by Gasteiger charge is 2.27. The maximum Gasteiger partial charge on any atom is 0.411 e. The minimum atomic E-state index is -4.29. The lowest BCUT2D eigenvalue weighted by molar-refractivity contribution is -0.173. The Morgan fingerprint density at radius 1 is 1.24 bits per heavy atom. The quantitative estimate of drug-likeness (QED) is 0.712. The molecule has 1 aromatic carbocycles. The molecule has 4 nitrogen and oxygen atoms in total. The lowest BCUT2D eigenvalue weighted by Gasteiger charge is -2.25. The van der Waals surface area contributed by atoms with Gasteiger partial charge in [0.25, 0.3) is 0 Å². The van der Waals surface area contributed by atoms with Crippen molar-refractivity contribution in [1.82, 2.24) is 0 Å². The number of hydrogen-bond donors (Lipinski definition) is 1. The largest absolute Gasteiger partial charge is 0.497 e. The van der Waals surface area contributed by atoms with E-state index in [1.165, 1.54) is 0 Å². The summed E-state index contributed by atoms with van der Waals surface area (Å²) in [7, 11) is 1.57. The van der Waals surface area contributed by atoms with Crippen molar-refractivity contribution >= 4 is 5.69 Å². The van der Waals surface area contributed by atoms with Crippen molar-refractivity contribution in [2.45, 2.75) is 12.6 Å². The molecule has 0 radical (unpaired) electrons. The molecule has 0 amide bonds. The number of rotatable bonds is 9. The first-order valence-corrected chi connectivity index (χ1v) is 6.70. The Balaban J connectivity index is 2.58. The van der Waals surface area contributed by atoms with E-state index in [1.54, 1.807) is 7.11 Å². The highest BCUT2D eigenvalue weighted by Crippen LogP contribution is 2.21. The van der Waals surface area contributed by atoms with Crippen molar-refractivity contribution in [1.29, 1.82) is 0 Å². The maximum atomic E-state index is 12.0. The summed E-state index contributed by atoms with van der Waals surface area (Å²) in [6, 6.07) is 7.36.